The van der Waals surface area contributed by atoms with E-state index in [-0.39, 0.29) is 11.9 Å². The van der Waals surface area contributed by atoms with Crippen LogP contribution in [-0.2, 0) is 0 Å². The second kappa shape index (κ2) is 6.42. The Hall–Kier alpha value is -1.32. The molecular formula is C16H15BrClNO. The van der Waals surface area contributed by atoms with Crippen LogP contribution in [0.15, 0.2) is 53.0 Å². The number of nitrogens with zero attached hydrogens (tertiary/aromatic N) is 1. The second-order valence-corrected chi connectivity index (χ2v) is 5.95. The van der Waals surface area contributed by atoms with Crippen LogP contribution in [0.3, 0.4) is 0 Å². The maximum atomic E-state index is 12.5. The van der Waals surface area contributed by atoms with Gasteiger partial charge in [0.1, 0.15) is 0 Å². The highest BCUT2D eigenvalue weighted by atomic mass is 79.9. The van der Waals surface area contributed by atoms with Crippen LogP contribution in [0.5, 0.6) is 0 Å². The monoisotopic (exact) mass is 351 g/mol. The molecule has 0 fully saturated rings. The summed E-state index contributed by atoms with van der Waals surface area (Å²) in [6, 6.07) is 15.2. The number of hydrogen-bond donors (Lipinski definition) is 0. The molecule has 0 aliphatic rings. The molecule has 0 saturated heterocycles. The predicted molar refractivity (Wildman–Crippen MR) is 86.1 cm³/mol. The first-order valence-corrected chi connectivity index (χ1v) is 7.45. The van der Waals surface area contributed by atoms with E-state index in [1.807, 2.05) is 43.3 Å². The first-order chi connectivity index (χ1) is 9.50. The van der Waals surface area contributed by atoms with E-state index in [2.05, 4.69) is 15.9 Å². The second-order valence-electron chi connectivity index (χ2n) is 4.63. The van der Waals surface area contributed by atoms with Crippen molar-refractivity contribution in [2.24, 2.45) is 0 Å². The number of rotatable bonds is 3. The van der Waals surface area contributed by atoms with Crippen LogP contribution in [0.25, 0.3) is 0 Å². The van der Waals surface area contributed by atoms with Crippen molar-refractivity contribution >= 4 is 33.4 Å². The van der Waals surface area contributed by atoms with E-state index >= 15 is 0 Å². The Morgan fingerprint density at radius 2 is 1.85 bits per heavy atom. The van der Waals surface area contributed by atoms with Crippen LogP contribution < -0.4 is 0 Å². The Labute approximate surface area is 132 Å². The van der Waals surface area contributed by atoms with Crippen molar-refractivity contribution in [2.75, 3.05) is 7.05 Å². The van der Waals surface area contributed by atoms with Crippen LogP contribution >= 0.6 is 27.5 Å². The van der Waals surface area contributed by atoms with Gasteiger partial charge in [0.25, 0.3) is 5.91 Å². The molecule has 0 saturated carbocycles. The van der Waals surface area contributed by atoms with E-state index in [0.29, 0.717) is 10.6 Å². The summed E-state index contributed by atoms with van der Waals surface area (Å²) in [6.07, 6.45) is 0. The molecule has 2 nitrogen and oxygen atoms in total. The quantitative estimate of drug-likeness (QED) is 0.766. The SMILES string of the molecule is CC(c1ccccc1)N(C)C(=O)c1ccc(Br)cc1Cl. The highest BCUT2D eigenvalue weighted by Gasteiger charge is 2.20. The third-order valence-corrected chi connectivity index (χ3v) is 4.15. The lowest BCUT2D eigenvalue weighted by Crippen LogP contribution is -2.29. The molecule has 0 heterocycles. The maximum absolute atomic E-state index is 12.5. The van der Waals surface area contributed by atoms with Crippen molar-refractivity contribution in [1.29, 1.82) is 0 Å². The summed E-state index contributed by atoms with van der Waals surface area (Å²) < 4.78 is 0.859. The highest BCUT2D eigenvalue weighted by Crippen LogP contribution is 2.26. The average Bonchev–Trinajstić information content (AvgIpc) is 2.46. The third-order valence-electron chi connectivity index (χ3n) is 3.34. The zero-order chi connectivity index (χ0) is 14.7. The topological polar surface area (TPSA) is 20.3 Å². The van der Waals surface area contributed by atoms with Crippen molar-refractivity contribution in [3.8, 4) is 0 Å². The van der Waals surface area contributed by atoms with Gasteiger partial charge >= 0.3 is 0 Å². The van der Waals surface area contributed by atoms with Crippen molar-refractivity contribution < 1.29 is 4.79 Å². The van der Waals surface area contributed by atoms with E-state index in [1.165, 1.54) is 0 Å². The summed E-state index contributed by atoms with van der Waals surface area (Å²) >= 11 is 9.48. The standard InChI is InChI=1S/C16H15BrClNO/c1-11(12-6-4-3-5-7-12)19(2)16(20)14-9-8-13(17)10-15(14)18/h3-11H,1-2H3. The Balaban J connectivity index is 2.24. The zero-order valence-corrected chi connectivity index (χ0v) is 13.6. The van der Waals surface area contributed by atoms with Gasteiger partial charge in [-0.25, -0.2) is 0 Å². The summed E-state index contributed by atoms with van der Waals surface area (Å²) in [7, 11) is 1.79. The molecule has 104 valence electrons. The first-order valence-electron chi connectivity index (χ1n) is 6.28. The molecule has 20 heavy (non-hydrogen) atoms. The van der Waals surface area contributed by atoms with Gasteiger partial charge in [-0.15, -0.1) is 0 Å². The summed E-state index contributed by atoms with van der Waals surface area (Å²) in [4.78, 5) is 14.2. The van der Waals surface area contributed by atoms with Gasteiger partial charge in [-0.2, -0.15) is 0 Å². The van der Waals surface area contributed by atoms with E-state index < -0.39 is 0 Å². The van der Waals surface area contributed by atoms with Gasteiger partial charge in [0.05, 0.1) is 16.6 Å². The van der Waals surface area contributed by atoms with E-state index in [4.69, 9.17) is 11.6 Å². The van der Waals surface area contributed by atoms with Gasteiger partial charge in [0.15, 0.2) is 0 Å². The largest absolute Gasteiger partial charge is 0.335 e. The molecule has 2 aromatic carbocycles. The lowest BCUT2D eigenvalue weighted by molar-refractivity contribution is 0.0743. The van der Waals surface area contributed by atoms with Gasteiger partial charge in [-0.3, -0.25) is 4.79 Å². The minimum Gasteiger partial charge on any atom is -0.335 e. The Morgan fingerprint density at radius 3 is 2.45 bits per heavy atom. The van der Waals surface area contributed by atoms with Crippen LogP contribution in [0.2, 0.25) is 5.02 Å². The number of hydrogen-bond acceptors (Lipinski definition) is 1. The molecule has 0 radical (unpaired) electrons. The predicted octanol–water partition coefficient (Wildman–Crippen LogP) is 4.94. The average molecular weight is 353 g/mol. The Morgan fingerprint density at radius 1 is 1.20 bits per heavy atom. The molecule has 1 atom stereocenters. The molecular weight excluding hydrogens is 338 g/mol. The van der Waals surface area contributed by atoms with E-state index in [1.54, 1.807) is 24.1 Å². The molecule has 0 aliphatic carbocycles. The Kier molecular flexibility index (Phi) is 4.84. The molecule has 4 heteroatoms. The van der Waals surface area contributed by atoms with Gasteiger partial charge in [-0.05, 0) is 30.7 Å². The van der Waals surface area contributed by atoms with Crippen LogP contribution in [0.4, 0.5) is 0 Å². The first kappa shape index (κ1) is 15.1. The number of benzene rings is 2. The maximum Gasteiger partial charge on any atom is 0.255 e. The van der Waals surface area contributed by atoms with Crippen molar-refractivity contribution in [1.82, 2.24) is 4.90 Å². The number of carbonyl (C=O) groups is 1. The fraction of sp³-hybridized carbons (Fsp3) is 0.188. The lowest BCUT2D eigenvalue weighted by Gasteiger charge is -2.25. The van der Waals surface area contributed by atoms with Gasteiger partial charge < -0.3 is 4.90 Å². The number of halogens is 2. The minimum atomic E-state index is -0.0844. The Bertz CT molecular complexity index is 615. The molecule has 2 rings (SSSR count). The normalized spacial score (nSPS) is 12.0. The smallest absolute Gasteiger partial charge is 0.255 e. The van der Waals surface area contributed by atoms with Gasteiger partial charge in [-0.1, -0.05) is 57.9 Å². The number of amides is 1. The van der Waals surface area contributed by atoms with Crippen LogP contribution in [-0.4, -0.2) is 17.9 Å². The molecule has 1 amide bonds. The van der Waals surface area contributed by atoms with Gasteiger partial charge in [0.2, 0.25) is 0 Å². The molecule has 0 aromatic heterocycles. The number of carbonyl (C=O) groups excluding carboxylic acids is 1. The van der Waals surface area contributed by atoms with E-state index in [9.17, 15) is 4.79 Å². The lowest BCUT2D eigenvalue weighted by atomic mass is 10.1. The van der Waals surface area contributed by atoms with Crippen molar-refractivity contribution in [3.05, 3.63) is 69.2 Å². The molecule has 0 bridgehead atoms. The summed E-state index contributed by atoms with van der Waals surface area (Å²) in [5.41, 5.74) is 1.61. The zero-order valence-electron chi connectivity index (χ0n) is 11.3. The molecule has 1 unspecified atom stereocenters. The third kappa shape index (κ3) is 3.22. The molecule has 0 N–H and O–H groups in total. The molecule has 2 aromatic rings. The summed E-state index contributed by atoms with van der Waals surface area (Å²) in [5.74, 6) is -0.0844. The summed E-state index contributed by atoms with van der Waals surface area (Å²) in [6.45, 7) is 2.00. The summed E-state index contributed by atoms with van der Waals surface area (Å²) in [5, 5.41) is 0.455. The fourth-order valence-electron chi connectivity index (χ4n) is 1.98. The van der Waals surface area contributed by atoms with Crippen molar-refractivity contribution in [3.63, 3.8) is 0 Å². The molecule has 0 spiro atoms. The van der Waals surface area contributed by atoms with Gasteiger partial charge in [0, 0.05) is 11.5 Å². The van der Waals surface area contributed by atoms with Crippen molar-refractivity contribution in [2.45, 2.75) is 13.0 Å². The minimum absolute atomic E-state index is 0.0107. The van der Waals surface area contributed by atoms with Crippen LogP contribution in [0, 0.1) is 0 Å². The fourth-order valence-corrected chi connectivity index (χ4v) is 2.74. The highest BCUT2D eigenvalue weighted by molar-refractivity contribution is 9.10. The molecule has 0 aliphatic heterocycles. The van der Waals surface area contributed by atoms with Crippen LogP contribution in [0.1, 0.15) is 28.9 Å². The van der Waals surface area contributed by atoms with E-state index in [0.717, 1.165) is 10.0 Å².